The van der Waals surface area contributed by atoms with Crippen LogP contribution in [-0.2, 0) is 16.6 Å². The lowest BCUT2D eigenvalue weighted by atomic mass is 10.1. The van der Waals surface area contributed by atoms with Gasteiger partial charge in [-0.15, -0.1) is 0 Å². The molecular formula is C20H28N6O4S. The number of carbonyl (C=O) groups is 1. The van der Waals surface area contributed by atoms with Crippen molar-refractivity contribution in [2.24, 2.45) is 0 Å². The van der Waals surface area contributed by atoms with Crippen LogP contribution in [0.2, 0.25) is 0 Å². The van der Waals surface area contributed by atoms with Gasteiger partial charge < -0.3 is 10.2 Å². The smallest absolute Gasteiger partial charge is 0.340 e. The van der Waals surface area contributed by atoms with Crippen molar-refractivity contribution in [2.45, 2.75) is 50.0 Å². The molecule has 10 nitrogen and oxygen atoms in total. The lowest BCUT2D eigenvalue weighted by molar-refractivity contribution is 0.0949. The number of hydrogen-bond acceptors (Lipinski definition) is 6. The maximum absolute atomic E-state index is 13.5. The standard InChI is InChI=1S/C20H28N6O4S/c27-19(21-14-18-22-20(28)24-23-18)15-7-8-16(25-9-3-1-4-10-25)17(13-15)31(29,30)26-11-5-2-6-12-26/h7-8,13H,1-6,9-12,14H2,(H,21,27)(H2,22,23,24,28). The zero-order chi connectivity index (χ0) is 21.8. The summed E-state index contributed by atoms with van der Waals surface area (Å²) in [5.74, 6) is -0.131. The highest BCUT2D eigenvalue weighted by molar-refractivity contribution is 7.89. The van der Waals surface area contributed by atoms with Crippen molar-refractivity contribution in [3.8, 4) is 0 Å². The van der Waals surface area contributed by atoms with Gasteiger partial charge in [0.15, 0.2) is 0 Å². The molecular weight excluding hydrogens is 420 g/mol. The number of aromatic amines is 2. The second kappa shape index (κ2) is 9.23. The first kappa shape index (κ1) is 21.6. The number of piperidine rings is 2. The third-order valence-electron chi connectivity index (χ3n) is 5.82. The van der Waals surface area contributed by atoms with Gasteiger partial charge in [0, 0.05) is 31.7 Å². The molecule has 168 valence electrons. The molecule has 0 bridgehead atoms. The molecule has 2 aliphatic heterocycles. The van der Waals surface area contributed by atoms with E-state index in [4.69, 9.17) is 0 Å². The Morgan fingerprint density at radius 2 is 1.71 bits per heavy atom. The van der Waals surface area contributed by atoms with Gasteiger partial charge >= 0.3 is 5.69 Å². The Morgan fingerprint density at radius 3 is 2.35 bits per heavy atom. The molecule has 0 atom stereocenters. The first-order valence-corrected chi connectivity index (χ1v) is 12.2. The summed E-state index contributed by atoms with van der Waals surface area (Å²) in [6.07, 6.45) is 5.91. The van der Waals surface area contributed by atoms with Crippen LogP contribution in [0.3, 0.4) is 0 Å². The summed E-state index contributed by atoms with van der Waals surface area (Å²) >= 11 is 0. The minimum atomic E-state index is -3.71. The lowest BCUT2D eigenvalue weighted by Gasteiger charge is -2.33. The fourth-order valence-electron chi connectivity index (χ4n) is 4.16. The Labute approximate surface area is 181 Å². The van der Waals surface area contributed by atoms with Crippen molar-refractivity contribution in [1.82, 2.24) is 24.8 Å². The molecule has 3 heterocycles. The number of carbonyl (C=O) groups excluding carboxylic acids is 1. The average molecular weight is 449 g/mol. The molecule has 2 aliphatic rings. The van der Waals surface area contributed by atoms with Gasteiger partial charge in [0.05, 0.1) is 12.2 Å². The molecule has 0 unspecified atom stereocenters. The fourth-order valence-corrected chi connectivity index (χ4v) is 5.91. The highest BCUT2D eigenvalue weighted by Crippen LogP contribution is 2.32. The van der Waals surface area contributed by atoms with Crippen LogP contribution in [0.25, 0.3) is 0 Å². The maximum atomic E-state index is 13.5. The molecule has 1 amide bonds. The summed E-state index contributed by atoms with van der Waals surface area (Å²) in [6.45, 7) is 2.65. The molecule has 3 N–H and O–H groups in total. The Kier molecular flexibility index (Phi) is 6.42. The van der Waals surface area contributed by atoms with E-state index in [1.54, 1.807) is 12.1 Å². The van der Waals surface area contributed by atoms with E-state index < -0.39 is 21.6 Å². The molecule has 11 heteroatoms. The Hall–Kier alpha value is -2.66. The number of amides is 1. The average Bonchev–Trinajstić information content (AvgIpc) is 3.23. The molecule has 0 saturated carbocycles. The van der Waals surface area contributed by atoms with E-state index in [9.17, 15) is 18.0 Å². The Bertz CT molecular complexity index is 1080. The molecule has 2 fully saturated rings. The summed E-state index contributed by atoms with van der Waals surface area (Å²) in [7, 11) is -3.71. The van der Waals surface area contributed by atoms with E-state index in [-0.39, 0.29) is 17.0 Å². The molecule has 0 radical (unpaired) electrons. The SMILES string of the molecule is O=C(NCc1n[nH]c(=O)[nH]1)c1ccc(N2CCCCC2)c(S(=O)(=O)N2CCCCC2)c1. The number of benzene rings is 1. The molecule has 4 rings (SSSR count). The number of sulfonamides is 1. The molecule has 1 aromatic heterocycles. The lowest BCUT2D eigenvalue weighted by Crippen LogP contribution is -2.38. The van der Waals surface area contributed by atoms with Crippen LogP contribution < -0.4 is 15.9 Å². The van der Waals surface area contributed by atoms with Crippen LogP contribution in [0.15, 0.2) is 27.9 Å². The molecule has 1 aromatic carbocycles. The van der Waals surface area contributed by atoms with Gasteiger partial charge in [-0.3, -0.25) is 9.78 Å². The normalized spacial score (nSPS) is 18.1. The van der Waals surface area contributed by atoms with Crippen LogP contribution >= 0.6 is 0 Å². The molecule has 31 heavy (non-hydrogen) atoms. The number of rotatable bonds is 6. The van der Waals surface area contributed by atoms with Crippen LogP contribution in [-0.4, -0.2) is 60.0 Å². The van der Waals surface area contributed by atoms with Gasteiger partial charge in [-0.05, 0) is 50.3 Å². The number of anilines is 1. The summed E-state index contributed by atoms with van der Waals surface area (Å²) in [4.78, 5) is 28.6. The largest absolute Gasteiger partial charge is 0.370 e. The van der Waals surface area contributed by atoms with Crippen molar-refractivity contribution in [3.63, 3.8) is 0 Å². The second-order valence-corrected chi connectivity index (χ2v) is 9.91. The number of aromatic nitrogens is 3. The van der Waals surface area contributed by atoms with Gasteiger partial charge in [0.1, 0.15) is 10.7 Å². The van der Waals surface area contributed by atoms with E-state index in [1.165, 1.54) is 10.4 Å². The topological polar surface area (TPSA) is 131 Å². The van der Waals surface area contributed by atoms with Crippen LogP contribution in [0.5, 0.6) is 0 Å². The van der Waals surface area contributed by atoms with E-state index in [0.29, 0.717) is 24.6 Å². The third kappa shape index (κ3) is 4.82. The predicted octanol–water partition coefficient (Wildman–Crippen LogP) is 1.19. The third-order valence-corrected chi connectivity index (χ3v) is 7.75. The van der Waals surface area contributed by atoms with E-state index in [0.717, 1.165) is 51.6 Å². The number of nitrogens with one attached hydrogen (secondary N) is 3. The van der Waals surface area contributed by atoms with Crippen LogP contribution in [0.4, 0.5) is 5.69 Å². The number of H-pyrrole nitrogens is 2. The van der Waals surface area contributed by atoms with E-state index in [2.05, 4.69) is 25.4 Å². The maximum Gasteiger partial charge on any atom is 0.340 e. The van der Waals surface area contributed by atoms with Gasteiger partial charge in [0.2, 0.25) is 10.0 Å². The van der Waals surface area contributed by atoms with E-state index in [1.807, 2.05) is 0 Å². The van der Waals surface area contributed by atoms with Gasteiger partial charge in [0.25, 0.3) is 5.91 Å². The monoisotopic (exact) mass is 448 g/mol. The van der Waals surface area contributed by atoms with Crippen molar-refractivity contribution < 1.29 is 13.2 Å². The molecule has 2 saturated heterocycles. The van der Waals surface area contributed by atoms with Crippen molar-refractivity contribution in [2.75, 3.05) is 31.1 Å². The number of nitrogens with zero attached hydrogens (tertiary/aromatic N) is 3. The summed E-state index contributed by atoms with van der Waals surface area (Å²) < 4.78 is 28.6. The van der Waals surface area contributed by atoms with E-state index >= 15 is 0 Å². The highest BCUT2D eigenvalue weighted by Gasteiger charge is 2.31. The Morgan fingerprint density at radius 1 is 1.03 bits per heavy atom. The minimum absolute atomic E-state index is 0.0274. The first-order valence-electron chi connectivity index (χ1n) is 10.8. The zero-order valence-corrected chi connectivity index (χ0v) is 18.2. The minimum Gasteiger partial charge on any atom is -0.370 e. The van der Waals surface area contributed by atoms with Crippen molar-refractivity contribution in [3.05, 3.63) is 40.1 Å². The first-order chi connectivity index (χ1) is 14.9. The van der Waals surface area contributed by atoms with Crippen LogP contribution in [0.1, 0.15) is 54.7 Å². The quantitative estimate of drug-likeness (QED) is 0.608. The fraction of sp³-hybridized carbons (Fsp3) is 0.550. The summed E-state index contributed by atoms with van der Waals surface area (Å²) in [6, 6.07) is 4.88. The van der Waals surface area contributed by atoms with Crippen molar-refractivity contribution in [1.29, 1.82) is 0 Å². The summed E-state index contributed by atoms with van der Waals surface area (Å²) in [5, 5.41) is 8.67. The highest BCUT2D eigenvalue weighted by atomic mass is 32.2. The van der Waals surface area contributed by atoms with Gasteiger partial charge in [-0.25, -0.2) is 18.3 Å². The number of hydrogen-bond donors (Lipinski definition) is 3. The summed E-state index contributed by atoms with van der Waals surface area (Å²) in [5.41, 5.74) is 0.470. The van der Waals surface area contributed by atoms with Gasteiger partial charge in [-0.2, -0.15) is 9.40 Å². The zero-order valence-electron chi connectivity index (χ0n) is 17.4. The van der Waals surface area contributed by atoms with Crippen LogP contribution in [0, 0.1) is 0 Å². The van der Waals surface area contributed by atoms with Crippen molar-refractivity contribution >= 4 is 21.6 Å². The molecule has 0 spiro atoms. The molecule has 0 aliphatic carbocycles. The Balaban J connectivity index is 1.63. The molecule has 2 aromatic rings. The van der Waals surface area contributed by atoms with Gasteiger partial charge in [-0.1, -0.05) is 6.42 Å². The second-order valence-electron chi connectivity index (χ2n) is 8.00. The predicted molar refractivity (Wildman–Crippen MR) is 115 cm³/mol.